The molecule has 0 amide bonds. The Morgan fingerprint density at radius 1 is 1.33 bits per heavy atom. The zero-order chi connectivity index (χ0) is 10.7. The maximum atomic E-state index is 8.92. The molecule has 2 rings (SSSR count). The Kier molecular flexibility index (Phi) is 2.80. The average Bonchev–Trinajstić information content (AvgIpc) is 2.28. The van der Waals surface area contributed by atoms with Crippen LogP contribution in [-0.2, 0) is 0 Å². The number of nitrogens with one attached hydrogen (secondary N) is 1. The second-order valence-electron chi connectivity index (χ2n) is 3.06. The predicted octanol–water partition coefficient (Wildman–Crippen LogP) is 2.74. The maximum absolute atomic E-state index is 8.92. The lowest BCUT2D eigenvalue weighted by Crippen LogP contribution is -1.89. The monoisotopic (exact) mass is 215 g/mol. The van der Waals surface area contributed by atoms with Crippen LogP contribution >= 0.6 is 8.73 Å². The molecule has 0 aliphatic rings. The lowest BCUT2D eigenvalue weighted by molar-refractivity contribution is 1.40. The number of pyridine rings is 1. The Balaban J connectivity index is 2.60. The van der Waals surface area contributed by atoms with Gasteiger partial charge in [0.1, 0.15) is 5.82 Å². The summed E-state index contributed by atoms with van der Waals surface area (Å²) in [4.78, 5) is 4.42. The zero-order valence-electron chi connectivity index (χ0n) is 8.28. The molecule has 0 aliphatic carbocycles. The van der Waals surface area contributed by atoms with Gasteiger partial charge in [-0.25, -0.2) is 4.98 Å². The maximum Gasteiger partial charge on any atom is 0.129 e. The van der Waals surface area contributed by atoms with Crippen molar-refractivity contribution in [3.05, 3.63) is 35.9 Å². The number of rotatable bonds is 2. The molecule has 3 nitrogen and oxygen atoms in total. The van der Waals surface area contributed by atoms with E-state index in [1.165, 1.54) is 0 Å². The quantitative estimate of drug-likeness (QED) is 0.783. The Labute approximate surface area is 90.0 Å². The average molecular weight is 215 g/mol. The van der Waals surface area contributed by atoms with Gasteiger partial charge in [-0.1, -0.05) is 6.07 Å². The highest BCUT2D eigenvalue weighted by molar-refractivity contribution is 7.38. The predicted molar refractivity (Wildman–Crippen MR) is 64.3 cm³/mol. The number of aromatic nitrogens is 1. The van der Waals surface area contributed by atoms with E-state index >= 15 is 0 Å². The molecular weight excluding hydrogens is 205 g/mol. The van der Waals surface area contributed by atoms with Gasteiger partial charge in [-0.3, -0.25) is 0 Å². The van der Waals surface area contributed by atoms with Gasteiger partial charge in [0.05, 0.1) is 17.1 Å². The molecular formula is C11H10N3P. The lowest BCUT2D eigenvalue weighted by atomic mass is 10.1. The van der Waals surface area contributed by atoms with Crippen LogP contribution in [0.3, 0.4) is 0 Å². The number of nitrogens with zero attached hydrogens (tertiary/aromatic N) is 2. The molecule has 0 saturated carbocycles. The van der Waals surface area contributed by atoms with Crippen molar-refractivity contribution in [2.24, 2.45) is 0 Å². The highest BCUT2D eigenvalue weighted by atomic mass is 31.1. The molecule has 74 valence electrons. The SMILES string of the molecule is CPNc1ccc2c(C#N)cccc2n1. The van der Waals surface area contributed by atoms with Crippen LogP contribution in [0.2, 0.25) is 0 Å². The molecule has 0 aliphatic heterocycles. The molecule has 1 heterocycles. The van der Waals surface area contributed by atoms with Gasteiger partial charge < -0.3 is 5.09 Å². The Morgan fingerprint density at radius 2 is 2.20 bits per heavy atom. The molecule has 4 heteroatoms. The van der Waals surface area contributed by atoms with E-state index < -0.39 is 0 Å². The summed E-state index contributed by atoms with van der Waals surface area (Å²) in [6.07, 6.45) is 0. The van der Waals surface area contributed by atoms with Gasteiger partial charge in [-0.2, -0.15) is 5.26 Å². The number of anilines is 1. The summed E-state index contributed by atoms with van der Waals surface area (Å²) in [6, 6.07) is 11.6. The van der Waals surface area contributed by atoms with Crippen molar-refractivity contribution >= 4 is 25.5 Å². The molecule has 1 unspecified atom stereocenters. The smallest absolute Gasteiger partial charge is 0.129 e. The van der Waals surface area contributed by atoms with Crippen LogP contribution in [0.4, 0.5) is 5.82 Å². The van der Waals surface area contributed by atoms with Gasteiger partial charge in [0.2, 0.25) is 0 Å². The molecule has 0 bridgehead atoms. The first-order valence-electron chi connectivity index (χ1n) is 4.58. The fourth-order valence-corrected chi connectivity index (χ4v) is 1.85. The third-order valence-corrected chi connectivity index (χ3v) is 2.61. The van der Waals surface area contributed by atoms with Gasteiger partial charge in [0, 0.05) is 5.39 Å². The van der Waals surface area contributed by atoms with Crippen LogP contribution in [0.25, 0.3) is 10.9 Å². The normalized spacial score (nSPS) is 10.7. The first kappa shape index (κ1) is 9.89. The Bertz CT molecular complexity index is 531. The van der Waals surface area contributed by atoms with Crippen molar-refractivity contribution in [2.75, 3.05) is 11.8 Å². The van der Waals surface area contributed by atoms with Crippen LogP contribution in [0.1, 0.15) is 5.56 Å². The van der Waals surface area contributed by atoms with E-state index in [0.717, 1.165) is 16.7 Å². The summed E-state index contributed by atoms with van der Waals surface area (Å²) < 4.78 is 0. The van der Waals surface area contributed by atoms with E-state index in [2.05, 4.69) is 22.8 Å². The van der Waals surface area contributed by atoms with Crippen molar-refractivity contribution < 1.29 is 0 Å². The van der Waals surface area contributed by atoms with E-state index in [4.69, 9.17) is 5.26 Å². The minimum absolute atomic E-state index is 0.626. The molecule has 0 saturated heterocycles. The van der Waals surface area contributed by atoms with Crippen LogP contribution in [-0.4, -0.2) is 11.6 Å². The van der Waals surface area contributed by atoms with Crippen molar-refractivity contribution in [2.45, 2.75) is 0 Å². The molecule has 1 aromatic heterocycles. The summed E-state index contributed by atoms with van der Waals surface area (Å²) in [5, 5.41) is 13.0. The lowest BCUT2D eigenvalue weighted by Gasteiger charge is -2.04. The van der Waals surface area contributed by atoms with E-state index in [-0.39, 0.29) is 0 Å². The number of hydrogen-bond donors (Lipinski definition) is 1. The summed E-state index contributed by atoms with van der Waals surface area (Å²) >= 11 is 0. The first-order valence-corrected chi connectivity index (χ1v) is 6.08. The third-order valence-electron chi connectivity index (χ3n) is 2.11. The van der Waals surface area contributed by atoms with Crippen LogP contribution in [0.5, 0.6) is 0 Å². The van der Waals surface area contributed by atoms with Gasteiger partial charge in [-0.15, -0.1) is 0 Å². The molecule has 2 aromatic rings. The molecule has 1 aromatic carbocycles. The molecule has 0 spiro atoms. The van der Waals surface area contributed by atoms with Gasteiger partial charge in [-0.05, 0) is 39.7 Å². The van der Waals surface area contributed by atoms with Gasteiger partial charge in [0.15, 0.2) is 0 Å². The molecule has 1 atom stereocenters. The second kappa shape index (κ2) is 4.25. The van der Waals surface area contributed by atoms with Crippen molar-refractivity contribution in [3.8, 4) is 6.07 Å². The topological polar surface area (TPSA) is 48.7 Å². The fraction of sp³-hybridized carbons (Fsp3) is 0.0909. The standard InChI is InChI=1S/C11H10N3P/c1-15-14-11-6-5-9-8(7-12)3-2-4-10(9)13-11/h2-6,15H,1H3,(H,13,14). The largest absolute Gasteiger partial charge is 0.352 e. The fourth-order valence-electron chi connectivity index (χ4n) is 1.45. The molecule has 15 heavy (non-hydrogen) atoms. The van der Waals surface area contributed by atoms with E-state index in [1.54, 1.807) is 6.07 Å². The van der Waals surface area contributed by atoms with Crippen LogP contribution in [0.15, 0.2) is 30.3 Å². The Hall–Kier alpha value is -1.65. The van der Waals surface area contributed by atoms with Gasteiger partial charge in [0.25, 0.3) is 0 Å². The van der Waals surface area contributed by atoms with Crippen LogP contribution < -0.4 is 5.09 Å². The van der Waals surface area contributed by atoms with Crippen molar-refractivity contribution in [1.29, 1.82) is 5.26 Å². The van der Waals surface area contributed by atoms with E-state index in [9.17, 15) is 0 Å². The molecule has 1 N–H and O–H groups in total. The summed E-state index contributed by atoms with van der Waals surface area (Å²) in [5.41, 5.74) is 1.53. The highest BCUT2D eigenvalue weighted by Gasteiger charge is 2.01. The summed E-state index contributed by atoms with van der Waals surface area (Å²) in [6.45, 7) is 2.05. The van der Waals surface area contributed by atoms with E-state index in [1.807, 2.05) is 24.3 Å². The first-order chi connectivity index (χ1) is 7.35. The third kappa shape index (κ3) is 1.91. The van der Waals surface area contributed by atoms with Crippen molar-refractivity contribution in [3.63, 3.8) is 0 Å². The molecule has 0 radical (unpaired) electrons. The van der Waals surface area contributed by atoms with Crippen LogP contribution in [0, 0.1) is 11.3 Å². The van der Waals surface area contributed by atoms with Gasteiger partial charge >= 0.3 is 0 Å². The number of nitriles is 1. The highest BCUT2D eigenvalue weighted by Crippen LogP contribution is 2.20. The number of benzene rings is 1. The minimum Gasteiger partial charge on any atom is -0.352 e. The minimum atomic E-state index is 0.626. The van der Waals surface area contributed by atoms with E-state index in [0.29, 0.717) is 14.3 Å². The van der Waals surface area contributed by atoms with Crippen molar-refractivity contribution in [1.82, 2.24) is 4.98 Å². The summed E-state index contributed by atoms with van der Waals surface area (Å²) in [7, 11) is 0.626. The second-order valence-corrected chi connectivity index (χ2v) is 3.81. The zero-order valence-corrected chi connectivity index (χ0v) is 9.28. The molecule has 0 fully saturated rings. The number of fused-ring (bicyclic) bond motifs is 1. The number of hydrogen-bond acceptors (Lipinski definition) is 3. The Morgan fingerprint density at radius 3 is 2.93 bits per heavy atom. The summed E-state index contributed by atoms with van der Waals surface area (Å²) in [5.74, 6) is 0.860.